The fourth-order valence-corrected chi connectivity index (χ4v) is 2.76. The molecule has 1 aliphatic rings. The number of nitrogens with zero attached hydrogens (tertiary/aromatic N) is 1. The van der Waals surface area contributed by atoms with Crippen LogP contribution in [-0.4, -0.2) is 36.0 Å². The van der Waals surface area contributed by atoms with Gasteiger partial charge in [0.05, 0.1) is 6.04 Å². The van der Waals surface area contributed by atoms with Gasteiger partial charge in [-0.1, -0.05) is 19.9 Å². The molecule has 1 saturated heterocycles. The van der Waals surface area contributed by atoms with Crippen LogP contribution in [0.5, 0.6) is 0 Å². The van der Waals surface area contributed by atoms with Crippen LogP contribution in [-0.2, 0) is 4.79 Å². The fraction of sp³-hybridized carbons (Fsp3) is 0.562. The van der Waals surface area contributed by atoms with Crippen molar-refractivity contribution in [1.82, 2.24) is 4.90 Å². The van der Waals surface area contributed by atoms with Crippen LogP contribution in [0.3, 0.4) is 0 Å². The maximum Gasteiger partial charge on any atom is 0.241 e. The summed E-state index contributed by atoms with van der Waals surface area (Å²) in [7, 11) is 0. The lowest BCUT2D eigenvalue weighted by molar-refractivity contribution is -0.122. The normalized spacial score (nSPS) is 23.1. The van der Waals surface area contributed by atoms with Gasteiger partial charge in [-0.3, -0.25) is 9.69 Å². The summed E-state index contributed by atoms with van der Waals surface area (Å²) in [6.07, 6.45) is 0.790. The summed E-state index contributed by atoms with van der Waals surface area (Å²) in [4.78, 5) is 14.3. The number of benzene rings is 1. The van der Waals surface area contributed by atoms with Gasteiger partial charge in [0.1, 0.15) is 17.3 Å². The Kier molecular flexibility index (Phi) is 4.82. The first-order valence-corrected chi connectivity index (χ1v) is 7.47. The van der Waals surface area contributed by atoms with E-state index in [2.05, 4.69) is 19.2 Å². The van der Waals surface area contributed by atoms with Crippen molar-refractivity contribution >= 4 is 11.6 Å². The maximum absolute atomic E-state index is 13.6. The molecule has 2 rings (SSSR count). The molecule has 3 N–H and O–H groups in total. The van der Waals surface area contributed by atoms with Gasteiger partial charge in [-0.2, -0.15) is 0 Å². The third-order valence-corrected chi connectivity index (χ3v) is 4.48. The molecule has 22 heavy (non-hydrogen) atoms. The molecule has 1 aliphatic heterocycles. The van der Waals surface area contributed by atoms with Crippen molar-refractivity contribution in [3.05, 3.63) is 29.8 Å². The standard InChI is InChI=1S/C16H23F2N3O/c1-10(21-8-7-13(19)16(2,3)9-21)15(22)20-14-11(17)5-4-6-12(14)18/h4-6,10,13H,7-9,19H2,1-3H3,(H,20,22). The average Bonchev–Trinajstić information content (AvgIpc) is 2.45. The monoisotopic (exact) mass is 311 g/mol. The minimum Gasteiger partial charge on any atom is -0.327 e. The van der Waals surface area contributed by atoms with Crippen LogP contribution in [0.2, 0.25) is 0 Å². The first-order valence-electron chi connectivity index (χ1n) is 7.47. The van der Waals surface area contributed by atoms with Crippen molar-refractivity contribution in [2.24, 2.45) is 11.1 Å². The molecule has 0 bridgehead atoms. The van der Waals surface area contributed by atoms with Crippen LogP contribution in [0.4, 0.5) is 14.5 Å². The predicted octanol–water partition coefficient (Wildman–Crippen LogP) is 2.35. The minimum atomic E-state index is -0.776. The van der Waals surface area contributed by atoms with E-state index in [0.29, 0.717) is 13.1 Å². The highest BCUT2D eigenvalue weighted by atomic mass is 19.1. The van der Waals surface area contributed by atoms with Gasteiger partial charge in [0.25, 0.3) is 0 Å². The lowest BCUT2D eigenvalue weighted by atomic mass is 9.79. The van der Waals surface area contributed by atoms with E-state index in [9.17, 15) is 13.6 Å². The molecule has 0 saturated carbocycles. The molecule has 6 heteroatoms. The first kappa shape index (κ1) is 16.8. The number of anilines is 1. The summed E-state index contributed by atoms with van der Waals surface area (Å²) in [5, 5.41) is 2.35. The molecule has 2 unspecified atom stereocenters. The summed E-state index contributed by atoms with van der Waals surface area (Å²) in [5.74, 6) is -1.97. The van der Waals surface area contributed by atoms with Crippen LogP contribution < -0.4 is 11.1 Å². The molecule has 0 aliphatic carbocycles. The summed E-state index contributed by atoms with van der Waals surface area (Å²) < 4.78 is 27.2. The van der Waals surface area contributed by atoms with Gasteiger partial charge in [-0.25, -0.2) is 8.78 Å². The van der Waals surface area contributed by atoms with E-state index in [-0.39, 0.29) is 11.5 Å². The third kappa shape index (κ3) is 3.44. The maximum atomic E-state index is 13.6. The number of piperidine rings is 1. The summed E-state index contributed by atoms with van der Waals surface area (Å²) in [6.45, 7) is 7.22. The highest BCUT2D eigenvalue weighted by molar-refractivity contribution is 5.94. The lowest BCUT2D eigenvalue weighted by Crippen LogP contribution is -2.56. The van der Waals surface area contributed by atoms with Gasteiger partial charge in [0.15, 0.2) is 0 Å². The molecule has 0 spiro atoms. The van der Waals surface area contributed by atoms with Crippen molar-refractivity contribution in [3.8, 4) is 0 Å². The van der Waals surface area contributed by atoms with Gasteiger partial charge >= 0.3 is 0 Å². The number of nitrogens with two attached hydrogens (primary N) is 1. The first-order chi connectivity index (χ1) is 10.2. The molecule has 1 heterocycles. The number of likely N-dealkylation sites (tertiary alicyclic amines) is 1. The molecule has 1 amide bonds. The van der Waals surface area contributed by atoms with Crippen LogP contribution in [0.25, 0.3) is 0 Å². The number of para-hydroxylation sites is 1. The van der Waals surface area contributed by atoms with Crippen molar-refractivity contribution in [2.45, 2.75) is 39.3 Å². The van der Waals surface area contributed by atoms with Crippen LogP contribution in [0.1, 0.15) is 27.2 Å². The van der Waals surface area contributed by atoms with Crippen LogP contribution in [0, 0.1) is 17.0 Å². The lowest BCUT2D eigenvalue weighted by Gasteiger charge is -2.44. The van der Waals surface area contributed by atoms with E-state index >= 15 is 0 Å². The Balaban J connectivity index is 2.07. The van der Waals surface area contributed by atoms with Gasteiger partial charge in [-0.05, 0) is 30.9 Å². The zero-order valence-electron chi connectivity index (χ0n) is 13.2. The molecule has 2 atom stereocenters. The molecule has 1 fully saturated rings. The van der Waals surface area contributed by atoms with Crippen molar-refractivity contribution in [2.75, 3.05) is 18.4 Å². The molecule has 122 valence electrons. The van der Waals surface area contributed by atoms with Gasteiger partial charge in [0, 0.05) is 19.1 Å². The van der Waals surface area contributed by atoms with Crippen molar-refractivity contribution < 1.29 is 13.6 Å². The Hall–Kier alpha value is -1.53. The van der Waals surface area contributed by atoms with Crippen LogP contribution in [0.15, 0.2) is 18.2 Å². The SMILES string of the molecule is CC(C(=O)Nc1c(F)cccc1F)N1CCC(N)C(C)(C)C1. The van der Waals surface area contributed by atoms with Gasteiger partial charge < -0.3 is 11.1 Å². The quantitative estimate of drug-likeness (QED) is 0.901. The topological polar surface area (TPSA) is 58.4 Å². The average molecular weight is 311 g/mol. The second-order valence-corrected chi connectivity index (χ2v) is 6.62. The van der Waals surface area contributed by atoms with E-state index in [1.807, 2.05) is 4.90 Å². The number of carbonyl (C=O) groups excluding carboxylic acids is 1. The number of hydrogen-bond acceptors (Lipinski definition) is 3. The Morgan fingerprint density at radius 2 is 2.00 bits per heavy atom. The number of carbonyl (C=O) groups is 1. The van der Waals surface area contributed by atoms with Crippen molar-refractivity contribution in [1.29, 1.82) is 0 Å². The number of amides is 1. The highest BCUT2D eigenvalue weighted by Crippen LogP contribution is 2.29. The second kappa shape index (κ2) is 6.30. The fourth-order valence-electron chi connectivity index (χ4n) is 2.76. The van der Waals surface area contributed by atoms with E-state index < -0.39 is 29.3 Å². The number of rotatable bonds is 3. The van der Waals surface area contributed by atoms with Crippen LogP contribution >= 0.6 is 0 Å². The molecule has 1 aromatic rings. The number of nitrogens with one attached hydrogen (secondary N) is 1. The van der Waals surface area contributed by atoms with Crippen molar-refractivity contribution in [3.63, 3.8) is 0 Å². The summed E-state index contributed by atoms with van der Waals surface area (Å²) >= 11 is 0. The molecular formula is C16H23F2N3O. The second-order valence-electron chi connectivity index (χ2n) is 6.62. The molecule has 0 radical (unpaired) electrons. The van der Waals surface area contributed by atoms with E-state index in [1.54, 1.807) is 6.92 Å². The summed E-state index contributed by atoms with van der Waals surface area (Å²) in [6, 6.07) is 3.10. The number of halogens is 2. The van der Waals surface area contributed by atoms with Gasteiger partial charge in [-0.15, -0.1) is 0 Å². The predicted molar refractivity (Wildman–Crippen MR) is 82.4 cm³/mol. The zero-order chi connectivity index (χ0) is 16.5. The third-order valence-electron chi connectivity index (χ3n) is 4.48. The molecule has 0 aromatic heterocycles. The zero-order valence-corrected chi connectivity index (χ0v) is 13.2. The Morgan fingerprint density at radius 3 is 2.55 bits per heavy atom. The smallest absolute Gasteiger partial charge is 0.241 e. The molecular weight excluding hydrogens is 288 g/mol. The van der Waals surface area contributed by atoms with E-state index in [0.717, 1.165) is 18.6 Å². The highest BCUT2D eigenvalue weighted by Gasteiger charge is 2.36. The van der Waals surface area contributed by atoms with E-state index in [4.69, 9.17) is 5.73 Å². The largest absolute Gasteiger partial charge is 0.327 e. The molecule has 1 aromatic carbocycles. The van der Waals surface area contributed by atoms with Gasteiger partial charge in [0.2, 0.25) is 5.91 Å². The Bertz CT molecular complexity index is 542. The minimum absolute atomic E-state index is 0.0861. The summed E-state index contributed by atoms with van der Waals surface area (Å²) in [5.41, 5.74) is 5.59. The Labute approximate surface area is 129 Å². The van der Waals surface area contributed by atoms with E-state index in [1.165, 1.54) is 6.07 Å². The Morgan fingerprint density at radius 1 is 1.41 bits per heavy atom. The number of hydrogen-bond donors (Lipinski definition) is 2. The molecule has 4 nitrogen and oxygen atoms in total.